The van der Waals surface area contributed by atoms with Crippen LogP contribution in [0.5, 0.6) is 0 Å². The largest absolute Gasteiger partial charge is 0.350 e. The number of para-hydroxylation sites is 1. The Balaban J connectivity index is 2.10. The number of urea groups is 1. The Labute approximate surface area is 140 Å². The third kappa shape index (κ3) is 5.00. The van der Waals surface area contributed by atoms with E-state index in [0.29, 0.717) is 22.0 Å². The van der Waals surface area contributed by atoms with Gasteiger partial charge in [0.25, 0.3) is 5.91 Å². The molecule has 0 spiro atoms. The Hall–Kier alpha value is -2.53. The molecule has 2 aromatic carbocycles. The lowest BCUT2D eigenvalue weighted by Gasteiger charge is -2.13. The van der Waals surface area contributed by atoms with Gasteiger partial charge in [0.15, 0.2) is 0 Å². The molecule has 0 fully saturated rings. The maximum Gasteiger partial charge on any atom is 0.323 e. The summed E-state index contributed by atoms with van der Waals surface area (Å²) >= 11 is 5.88. The van der Waals surface area contributed by atoms with Crippen LogP contribution < -0.4 is 16.0 Å². The molecule has 0 aliphatic rings. The number of benzene rings is 2. The second-order valence-corrected chi connectivity index (χ2v) is 5.70. The molecule has 0 radical (unpaired) electrons. The molecule has 3 amide bonds. The van der Waals surface area contributed by atoms with Crippen LogP contribution in [0.2, 0.25) is 5.02 Å². The Morgan fingerprint density at radius 3 is 2.43 bits per heavy atom. The van der Waals surface area contributed by atoms with Gasteiger partial charge in [0.2, 0.25) is 0 Å². The van der Waals surface area contributed by atoms with Crippen LogP contribution in [0.4, 0.5) is 16.2 Å². The lowest BCUT2D eigenvalue weighted by molar-refractivity contribution is 0.0944. The Morgan fingerprint density at radius 2 is 1.74 bits per heavy atom. The highest BCUT2D eigenvalue weighted by Crippen LogP contribution is 2.17. The Morgan fingerprint density at radius 1 is 1.00 bits per heavy atom. The number of anilines is 2. The van der Waals surface area contributed by atoms with Gasteiger partial charge in [-0.05, 0) is 44.2 Å². The van der Waals surface area contributed by atoms with Crippen LogP contribution in [0.1, 0.15) is 24.2 Å². The van der Waals surface area contributed by atoms with Gasteiger partial charge in [-0.3, -0.25) is 4.79 Å². The molecular formula is C17H18ClN3O2. The summed E-state index contributed by atoms with van der Waals surface area (Å²) in [5.74, 6) is -0.237. The van der Waals surface area contributed by atoms with Crippen molar-refractivity contribution in [1.82, 2.24) is 5.32 Å². The summed E-state index contributed by atoms with van der Waals surface area (Å²) in [4.78, 5) is 24.3. The quantitative estimate of drug-likeness (QED) is 0.788. The van der Waals surface area contributed by atoms with Gasteiger partial charge in [0.05, 0.1) is 11.3 Å². The van der Waals surface area contributed by atoms with Crippen molar-refractivity contribution in [1.29, 1.82) is 0 Å². The molecule has 0 aliphatic heterocycles. The van der Waals surface area contributed by atoms with E-state index in [2.05, 4.69) is 16.0 Å². The predicted octanol–water partition coefficient (Wildman–Crippen LogP) is 4.12. The van der Waals surface area contributed by atoms with E-state index in [1.807, 2.05) is 13.8 Å². The highest BCUT2D eigenvalue weighted by molar-refractivity contribution is 6.30. The van der Waals surface area contributed by atoms with Gasteiger partial charge in [-0.25, -0.2) is 4.79 Å². The zero-order chi connectivity index (χ0) is 16.8. The van der Waals surface area contributed by atoms with Gasteiger partial charge in [-0.15, -0.1) is 0 Å². The SMILES string of the molecule is CC(C)NC(=O)c1ccccc1NC(=O)Nc1cccc(Cl)c1. The summed E-state index contributed by atoms with van der Waals surface area (Å²) in [5, 5.41) is 8.68. The van der Waals surface area contributed by atoms with Crippen LogP contribution in [-0.2, 0) is 0 Å². The van der Waals surface area contributed by atoms with Crippen LogP contribution in [0, 0.1) is 0 Å². The number of hydrogen-bond donors (Lipinski definition) is 3. The van der Waals surface area contributed by atoms with Crippen molar-refractivity contribution < 1.29 is 9.59 Å². The summed E-state index contributed by atoms with van der Waals surface area (Å²) in [6, 6.07) is 13.2. The van der Waals surface area contributed by atoms with Crippen LogP contribution in [0.25, 0.3) is 0 Å². The lowest BCUT2D eigenvalue weighted by Crippen LogP contribution is -2.31. The van der Waals surface area contributed by atoms with E-state index in [4.69, 9.17) is 11.6 Å². The highest BCUT2D eigenvalue weighted by Gasteiger charge is 2.13. The molecule has 0 heterocycles. The normalized spacial score (nSPS) is 10.3. The van der Waals surface area contributed by atoms with Gasteiger partial charge < -0.3 is 16.0 Å². The molecule has 6 heteroatoms. The van der Waals surface area contributed by atoms with Crippen molar-refractivity contribution in [3.63, 3.8) is 0 Å². The van der Waals surface area contributed by atoms with Crippen LogP contribution >= 0.6 is 11.6 Å². The number of halogens is 1. The molecular weight excluding hydrogens is 314 g/mol. The van der Waals surface area contributed by atoms with Gasteiger partial charge in [0, 0.05) is 16.8 Å². The first kappa shape index (κ1) is 16.8. The first-order chi connectivity index (χ1) is 11.0. The van der Waals surface area contributed by atoms with Crippen molar-refractivity contribution >= 4 is 34.9 Å². The van der Waals surface area contributed by atoms with Crippen LogP contribution in [0.3, 0.4) is 0 Å². The maximum absolute atomic E-state index is 12.2. The Bertz CT molecular complexity index is 716. The summed E-state index contributed by atoms with van der Waals surface area (Å²) < 4.78 is 0. The van der Waals surface area contributed by atoms with Crippen LogP contribution in [0.15, 0.2) is 48.5 Å². The van der Waals surface area contributed by atoms with Crippen molar-refractivity contribution in [2.75, 3.05) is 10.6 Å². The first-order valence-electron chi connectivity index (χ1n) is 7.19. The summed E-state index contributed by atoms with van der Waals surface area (Å²) in [6.45, 7) is 3.75. The van der Waals surface area contributed by atoms with Crippen molar-refractivity contribution in [2.45, 2.75) is 19.9 Å². The van der Waals surface area contributed by atoms with E-state index < -0.39 is 6.03 Å². The van der Waals surface area contributed by atoms with Crippen molar-refractivity contribution in [3.8, 4) is 0 Å². The highest BCUT2D eigenvalue weighted by atomic mass is 35.5. The second kappa shape index (κ2) is 7.65. The zero-order valence-corrected chi connectivity index (χ0v) is 13.6. The maximum atomic E-state index is 12.2. The van der Waals surface area contributed by atoms with E-state index in [9.17, 15) is 9.59 Å². The van der Waals surface area contributed by atoms with Crippen molar-refractivity contribution in [2.24, 2.45) is 0 Å². The van der Waals surface area contributed by atoms with E-state index in [1.54, 1.807) is 48.5 Å². The van der Waals surface area contributed by atoms with E-state index in [0.717, 1.165) is 0 Å². The summed E-state index contributed by atoms with van der Waals surface area (Å²) in [5.41, 5.74) is 1.41. The minimum atomic E-state index is -0.447. The monoisotopic (exact) mass is 331 g/mol. The molecule has 120 valence electrons. The van der Waals surface area contributed by atoms with Gasteiger partial charge in [0.1, 0.15) is 0 Å². The van der Waals surface area contributed by atoms with Gasteiger partial charge in [-0.1, -0.05) is 29.8 Å². The molecule has 2 aromatic rings. The minimum Gasteiger partial charge on any atom is -0.350 e. The molecule has 0 aromatic heterocycles. The average molecular weight is 332 g/mol. The lowest BCUT2D eigenvalue weighted by atomic mass is 10.1. The molecule has 23 heavy (non-hydrogen) atoms. The molecule has 2 rings (SSSR count). The van der Waals surface area contributed by atoms with Crippen molar-refractivity contribution in [3.05, 3.63) is 59.1 Å². The third-order valence-electron chi connectivity index (χ3n) is 2.92. The standard InChI is InChI=1S/C17H18ClN3O2/c1-11(2)19-16(22)14-8-3-4-9-15(14)21-17(23)20-13-7-5-6-12(18)10-13/h3-11H,1-2H3,(H,19,22)(H2,20,21,23). The fourth-order valence-corrected chi connectivity index (χ4v) is 2.17. The molecule has 0 atom stereocenters. The predicted molar refractivity (Wildman–Crippen MR) is 93.1 cm³/mol. The van der Waals surface area contributed by atoms with Crippen LogP contribution in [-0.4, -0.2) is 18.0 Å². The first-order valence-corrected chi connectivity index (χ1v) is 7.57. The molecule has 0 saturated heterocycles. The topological polar surface area (TPSA) is 70.2 Å². The van der Waals surface area contributed by atoms with Gasteiger partial charge >= 0.3 is 6.03 Å². The molecule has 3 N–H and O–H groups in total. The molecule has 0 saturated carbocycles. The molecule has 0 unspecified atom stereocenters. The summed E-state index contributed by atoms with van der Waals surface area (Å²) in [7, 11) is 0. The summed E-state index contributed by atoms with van der Waals surface area (Å²) in [6.07, 6.45) is 0. The number of nitrogens with one attached hydrogen (secondary N) is 3. The smallest absolute Gasteiger partial charge is 0.323 e. The average Bonchev–Trinajstić information content (AvgIpc) is 2.46. The molecule has 5 nitrogen and oxygen atoms in total. The van der Waals surface area contributed by atoms with E-state index in [1.165, 1.54) is 0 Å². The number of carbonyl (C=O) groups is 2. The Kier molecular flexibility index (Phi) is 5.60. The molecule has 0 aliphatic carbocycles. The number of hydrogen-bond acceptors (Lipinski definition) is 2. The fraction of sp³-hybridized carbons (Fsp3) is 0.176. The number of carbonyl (C=O) groups excluding carboxylic acids is 2. The minimum absolute atomic E-state index is 0.0100. The molecule has 0 bridgehead atoms. The van der Waals surface area contributed by atoms with E-state index in [-0.39, 0.29) is 11.9 Å². The van der Waals surface area contributed by atoms with E-state index >= 15 is 0 Å². The third-order valence-corrected chi connectivity index (χ3v) is 3.16. The number of rotatable bonds is 4. The fourth-order valence-electron chi connectivity index (χ4n) is 1.98. The number of amides is 3. The van der Waals surface area contributed by atoms with Gasteiger partial charge in [-0.2, -0.15) is 0 Å². The zero-order valence-electron chi connectivity index (χ0n) is 12.9. The second-order valence-electron chi connectivity index (χ2n) is 5.26.